The Balaban J connectivity index is 4.12. The molecule has 0 aromatic carbocycles. The third-order valence-corrected chi connectivity index (χ3v) is 3.95. The summed E-state index contributed by atoms with van der Waals surface area (Å²) in [5.74, 6) is 0. The molecule has 0 saturated heterocycles. The van der Waals surface area contributed by atoms with Crippen LogP contribution in [0.15, 0.2) is 0 Å². The first kappa shape index (κ1) is 16.1. The van der Waals surface area contributed by atoms with E-state index in [1.165, 1.54) is 0 Å². The second-order valence-corrected chi connectivity index (χ2v) is 6.00. The Morgan fingerprint density at radius 1 is 1.12 bits per heavy atom. The lowest BCUT2D eigenvalue weighted by atomic mass is 10.3. The van der Waals surface area contributed by atoms with Gasteiger partial charge in [0.1, 0.15) is 0 Å². The summed E-state index contributed by atoms with van der Waals surface area (Å²) in [6, 6.07) is 0.337. The fourth-order valence-electron chi connectivity index (χ4n) is 1.00. The highest BCUT2D eigenvalue weighted by atomic mass is 31.2. The zero-order chi connectivity index (χ0) is 12.4. The van der Waals surface area contributed by atoms with Crippen molar-refractivity contribution in [3.8, 4) is 0 Å². The van der Waals surface area contributed by atoms with E-state index in [1.54, 1.807) is 0 Å². The van der Waals surface area contributed by atoms with Gasteiger partial charge >= 0.3 is 7.60 Å². The fraction of sp³-hybridized carbons (Fsp3) is 1.00. The molecule has 0 aliphatic heterocycles. The monoisotopic (exact) mass is 251 g/mol. The SMILES string of the molecule is CCCOP(=O)(CNC(C)CC)OCCC. The van der Waals surface area contributed by atoms with Crippen LogP contribution in [0.4, 0.5) is 0 Å². The molecule has 0 fully saturated rings. The zero-order valence-electron chi connectivity index (χ0n) is 11.0. The van der Waals surface area contributed by atoms with Gasteiger partial charge in [0.15, 0.2) is 0 Å². The smallest absolute Gasteiger partial charge is 0.308 e. The molecule has 16 heavy (non-hydrogen) atoms. The second kappa shape index (κ2) is 9.17. The van der Waals surface area contributed by atoms with Gasteiger partial charge in [-0.15, -0.1) is 0 Å². The van der Waals surface area contributed by atoms with Gasteiger partial charge in [-0.05, 0) is 26.2 Å². The van der Waals surface area contributed by atoms with Crippen LogP contribution < -0.4 is 5.32 Å². The van der Waals surface area contributed by atoms with Gasteiger partial charge in [-0.25, -0.2) is 0 Å². The molecular weight excluding hydrogens is 225 g/mol. The molecule has 1 atom stereocenters. The topological polar surface area (TPSA) is 47.6 Å². The molecule has 1 unspecified atom stereocenters. The maximum absolute atomic E-state index is 12.2. The van der Waals surface area contributed by atoms with Crippen LogP contribution in [0, 0.1) is 0 Å². The highest BCUT2D eigenvalue weighted by Crippen LogP contribution is 2.47. The van der Waals surface area contributed by atoms with E-state index in [0.29, 0.717) is 25.5 Å². The minimum Gasteiger partial charge on any atom is -0.308 e. The van der Waals surface area contributed by atoms with Crippen LogP contribution in [0.5, 0.6) is 0 Å². The van der Waals surface area contributed by atoms with Crippen molar-refractivity contribution in [2.24, 2.45) is 0 Å². The lowest BCUT2D eigenvalue weighted by Crippen LogP contribution is -2.27. The summed E-state index contributed by atoms with van der Waals surface area (Å²) in [6.45, 7) is 9.11. The highest BCUT2D eigenvalue weighted by molar-refractivity contribution is 7.53. The molecule has 4 nitrogen and oxygen atoms in total. The molecule has 0 aromatic heterocycles. The van der Waals surface area contributed by atoms with E-state index in [2.05, 4.69) is 19.2 Å². The Bertz CT molecular complexity index is 199. The van der Waals surface area contributed by atoms with Crippen LogP contribution in [0.2, 0.25) is 0 Å². The molecule has 0 heterocycles. The van der Waals surface area contributed by atoms with Crippen molar-refractivity contribution < 1.29 is 13.6 Å². The van der Waals surface area contributed by atoms with Crippen LogP contribution in [0.3, 0.4) is 0 Å². The summed E-state index contributed by atoms with van der Waals surface area (Å²) < 4.78 is 22.9. The average molecular weight is 251 g/mol. The quantitative estimate of drug-likeness (QED) is 0.605. The summed E-state index contributed by atoms with van der Waals surface area (Å²) in [4.78, 5) is 0. The maximum Gasteiger partial charge on any atom is 0.344 e. The molecule has 0 radical (unpaired) electrons. The summed E-state index contributed by atoms with van der Waals surface area (Å²) >= 11 is 0. The van der Waals surface area contributed by atoms with E-state index in [4.69, 9.17) is 9.05 Å². The van der Waals surface area contributed by atoms with Gasteiger partial charge in [-0.1, -0.05) is 20.8 Å². The maximum atomic E-state index is 12.2. The van der Waals surface area contributed by atoms with Crippen LogP contribution in [0.1, 0.15) is 47.0 Å². The average Bonchev–Trinajstić information content (AvgIpc) is 2.31. The molecular formula is C11H26NO3P. The number of hydrogen-bond donors (Lipinski definition) is 1. The Labute approximate surface area is 99.6 Å². The van der Waals surface area contributed by atoms with Gasteiger partial charge in [0, 0.05) is 6.04 Å². The van der Waals surface area contributed by atoms with Crippen molar-refractivity contribution in [2.75, 3.05) is 19.5 Å². The van der Waals surface area contributed by atoms with Crippen molar-refractivity contribution in [2.45, 2.75) is 53.0 Å². The highest BCUT2D eigenvalue weighted by Gasteiger charge is 2.24. The molecule has 5 heteroatoms. The largest absolute Gasteiger partial charge is 0.344 e. The van der Waals surface area contributed by atoms with Crippen LogP contribution in [-0.2, 0) is 13.6 Å². The Morgan fingerprint density at radius 3 is 2.00 bits per heavy atom. The first-order chi connectivity index (χ1) is 7.58. The van der Waals surface area contributed by atoms with E-state index >= 15 is 0 Å². The van der Waals surface area contributed by atoms with Gasteiger partial charge in [0.05, 0.1) is 19.5 Å². The Hall–Kier alpha value is 0.110. The summed E-state index contributed by atoms with van der Waals surface area (Å²) in [5.41, 5.74) is 0. The third kappa shape index (κ3) is 7.39. The molecule has 1 N–H and O–H groups in total. The van der Waals surface area contributed by atoms with E-state index < -0.39 is 7.60 Å². The normalized spacial score (nSPS) is 14.0. The van der Waals surface area contributed by atoms with Crippen LogP contribution in [0.25, 0.3) is 0 Å². The molecule has 0 spiro atoms. The lowest BCUT2D eigenvalue weighted by Gasteiger charge is -2.20. The van der Waals surface area contributed by atoms with Gasteiger partial charge in [0.25, 0.3) is 0 Å². The minimum absolute atomic E-state index is 0.308. The van der Waals surface area contributed by atoms with E-state index in [0.717, 1.165) is 19.3 Å². The van der Waals surface area contributed by atoms with E-state index in [-0.39, 0.29) is 0 Å². The van der Waals surface area contributed by atoms with Crippen molar-refractivity contribution in [3.63, 3.8) is 0 Å². The molecule has 0 aliphatic rings. The Morgan fingerprint density at radius 2 is 1.62 bits per heavy atom. The molecule has 0 rings (SSSR count). The molecule has 0 saturated carbocycles. The van der Waals surface area contributed by atoms with Crippen LogP contribution in [-0.4, -0.2) is 25.5 Å². The molecule has 0 aromatic rings. The first-order valence-electron chi connectivity index (χ1n) is 6.19. The van der Waals surface area contributed by atoms with Gasteiger partial charge in [-0.3, -0.25) is 4.57 Å². The van der Waals surface area contributed by atoms with E-state index in [9.17, 15) is 4.57 Å². The Kier molecular flexibility index (Phi) is 9.24. The summed E-state index contributed by atoms with van der Waals surface area (Å²) in [7, 11) is -2.93. The predicted octanol–water partition coefficient (Wildman–Crippen LogP) is 3.38. The molecule has 0 aliphatic carbocycles. The van der Waals surface area contributed by atoms with Gasteiger partial charge in [-0.2, -0.15) is 0 Å². The zero-order valence-corrected chi connectivity index (χ0v) is 11.9. The molecule has 0 amide bonds. The van der Waals surface area contributed by atoms with E-state index in [1.807, 2.05) is 13.8 Å². The number of nitrogens with one attached hydrogen (secondary N) is 1. The first-order valence-corrected chi connectivity index (χ1v) is 7.92. The van der Waals surface area contributed by atoms with Gasteiger partial charge in [0.2, 0.25) is 0 Å². The minimum atomic E-state index is -2.93. The molecule has 0 bridgehead atoms. The standard InChI is InChI=1S/C11H26NO3P/c1-5-8-14-16(13,15-9-6-2)10-12-11(4)7-3/h11-12H,5-10H2,1-4H3. The van der Waals surface area contributed by atoms with Crippen molar-refractivity contribution in [1.82, 2.24) is 5.32 Å². The second-order valence-electron chi connectivity index (χ2n) is 3.95. The third-order valence-electron chi connectivity index (χ3n) is 2.23. The lowest BCUT2D eigenvalue weighted by molar-refractivity contribution is 0.201. The van der Waals surface area contributed by atoms with Crippen molar-refractivity contribution >= 4 is 7.60 Å². The summed E-state index contributed by atoms with van der Waals surface area (Å²) in [6.07, 6.45) is 3.01. The van der Waals surface area contributed by atoms with Crippen molar-refractivity contribution in [1.29, 1.82) is 0 Å². The van der Waals surface area contributed by atoms with Gasteiger partial charge < -0.3 is 14.4 Å². The van der Waals surface area contributed by atoms with Crippen molar-refractivity contribution in [3.05, 3.63) is 0 Å². The predicted molar refractivity (Wildman–Crippen MR) is 67.8 cm³/mol. The number of hydrogen-bond acceptors (Lipinski definition) is 4. The fourth-order valence-corrected chi connectivity index (χ4v) is 2.72. The summed E-state index contributed by atoms with van der Waals surface area (Å²) in [5, 5.41) is 3.18. The molecule has 98 valence electrons. The van der Waals surface area contributed by atoms with Crippen LogP contribution >= 0.6 is 7.60 Å². The number of rotatable bonds is 10.